The monoisotopic (exact) mass is 322 g/mol. The quantitative estimate of drug-likeness (QED) is 0.926. The molecule has 0 fully saturated rings. The lowest BCUT2D eigenvalue weighted by atomic mass is 9.98. The van der Waals surface area contributed by atoms with E-state index >= 15 is 0 Å². The van der Waals surface area contributed by atoms with Crippen LogP contribution >= 0.6 is 0 Å². The highest BCUT2D eigenvalue weighted by Gasteiger charge is 2.25. The topological polar surface area (TPSA) is 32.3 Å². The first-order chi connectivity index (χ1) is 11.5. The lowest BCUT2D eigenvalue weighted by Gasteiger charge is -2.33. The van der Waals surface area contributed by atoms with Crippen LogP contribution < -0.4 is 5.32 Å². The van der Waals surface area contributed by atoms with E-state index in [-0.39, 0.29) is 11.9 Å². The van der Waals surface area contributed by atoms with Gasteiger partial charge in [-0.05, 0) is 56.4 Å². The largest absolute Gasteiger partial charge is 0.324 e. The standard InChI is InChI=1S/C21H26N2O/c1-14-11-15(2)20(16(3)12-14)22-21(24)17(4)23-10-9-18-7-5-6-8-19(18)13-23/h5-8,11-12,17H,9-10,13H2,1-4H3,(H,22,24)/t17-/m0/s1. The van der Waals surface area contributed by atoms with Gasteiger partial charge < -0.3 is 5.32 Å². The van der Waals surface area contributed by atoms with Crippen molar-refractivity contribution in [2.24, 2.45) is 0 Å². The third kappa shape index (κ3) is 3.36. The van der Waals surface area contributed by atoms with Crippen LogP contribution in [0.2, 0.25) is 0 Å². The van der Waals surface area contributed by atoms with Gasteiger partial charge in [-0.2, -0.15) is 0 Å². The van der Waals surface area contributed by atoms with Crippen LogP contribution in [-0.4, -0.2) is 23.4 Å². The van der Waals surface area contributed by atoms with Gasteiger partial charge in [-0.3, -0.25) is 9.69 Å². The van der Waals surface area contributed by atoms with Crippen LogP contribution in [-0.2, 0) is 17.8 Å². The summed E-state index contributed by atoms with van der Waals surface area (Å²) in [6.45, 7) is 9.96. The molecule has 0 spiro atoms. The van der Waals surface area contributed by atoms with Crippen LogP contribution in [0.3, 0.4) is 0 Å². The summed E-state index contributed by atoms with van der Waals surface area (Å²) in [5.74, 6) is 0.0736. The van der Waals surface area contributed by atoms with Crippen LogP contribution in [0, 0.1) is 20.8 Å². The zero-order chi connectivity index (χ0) is 17.3. The van der Waals surface area contributed by atoms with Crippen molar-refractivity contribution in [2.75, 3.05) is 11.9 Å². The van der Waals surface area contributed by atoms with E-state index in [9.17, 15) is 4.79 Å². The van der Waals surface area contributed by atoms with E-state index in [0.29, 0.717) is 0 Å². The van der Waals surface area contributed by atoms with Gasteiger partial charge in [0.2, 0.25) is 5.91 Å². The van der Waals surface area contributed by atoms with E-state index < -0.39 is 0 Å². The average Bonchev–Trinajstić information content (AvgIpc) is 2.56. The number of carbonyl (C=O) groups excluding carboxylic acids is 1. The van der Waals surface area contributed by atoms with Crippen LogP contribution in [0.25, 0.3) is 0 Å². The fourth-order valence-electron chi connectivity index (χ4n) is 3.62. The van der Waals surface area contributed by atoms with Gasteiger partial charge in [-0.15, -0.1) is 0 Å². The summed E-state index contributed by atoms with van der Waals surface area (Å²) in [4.78, 5) is 15.0. The number of nitrogens with one attached hydrogen (secondary N) is 1. The molecule has 0 unspecified atom stereocenters. The summed E-state index contributed by atoms with van der Waals surface area (Å²) in [7, 11) is 0. The Morgan fingerprint density at radius 2 is 1.71 bits per heavy atom. The summed E-state index contributed by atoms with van der Waals surface area (Å²) < 4.78 is 0. The average molecular weight is 322 g/mol. The highest BCUT2D eigenvalue weighted by molar-refractivity contribution is 5.96. The predicted molar refractivity (Wildman–Crippen MR) is 99.3 cm³/mol. The molecule has 3 nitrogen and oxygen atoms in total. The van der Waals surface area contributed by atoms with Gasteiger partial charge in [-0.1, -0.05) is 42.0 Å². The molecule has 0 aromatic heterocycles. The maximum Gasteiger partial charge on any atom is 0.241 e. The van der Waals surface area contributed by atoms with Crippen LogP contribution in [0.15, 0.2) is 36.4 Å². The Balaban J connectivity index is 1.72. The van der Waals surface area contributed by atoms with Crippen molar-refractivity contribution < 1.29 is 4.79 Å². The SMILES string of the molecule is Cc1cc(C)c(NC(=O)[C@H](C)N2CCc3ccccc3C2)c(C)c1. The minimum absolute atomic E-state index is 0.0736. The molecule has 0 saturated heterocycles. The first-order valence-corrected chi connectivity index (χ1v) is 8.65. The van der Waals surface area contributed by atoms with Crippen molar-refractivity contribution >= 4 is 11.6 Å². The molecular formula is C21H26N2O. The molecule has 0 radical (unpaired) electrons. The van der Waals surface area contributed by atoms with Gasteiger partial charge in [-0.25, -0.2) is 0 Å². The summed E-state index contributed by atoms with van der Waals surface area (Å²) in [6.07, 6.45) is 1.01. The number of hydrogen-bond donors (Lipinski definition) is 1. The molecule has 126 valence electrons. The number of hydrogen-bond acceptors (Lipinski definition) is 2. The molecular weight excluding hydrogens is 296 g/mol. The van der Waals surface area contributed by atoms with Crippen molar-refractivity contribution in [3.8, 4) is 0 Å². The number of rotatable bonds is 3. The summed E-state index contributed by atoms with van der Waals surface area (Å²) in [5, 5.41) is 3.15. The molecule has 2 aromatic rings. The highest BCUT2D eigenvalue weighted by atomic mass is 16.2. The number of amides is 1. The van der Waals surface area contributed by atoms with Crippen molar-refractivity contribution in [3.05, 3.63) is 64.2 Å². The minimum atomic E-state index is -0.140. The maximum absolute atomic E-state index is 12.8. The lowest BCUT2D eigenvalue weighted by molar-refractivity contribution is -0.121. The number of carbonyl (C=O) groups is 1. The second kappa shape index (κ2) is 6.78. The summed E-state index contributed by atoms with van der Waals surface area (Å²) in [6, 6.07) is 12.6. The van der Waals surface area contributed by atoms with Gasteiger partial charge in [0.05, 0.1) is 6.04 Å². The minimum Gasteiger partial charge on any atom is -0.324 e. The fourth-order valence-corrected chi connectivity index (χ4v) is 3.62. The van der Waals surface area contributed by atoms with Crippen LogP contribution in [0.5, 0.6) is 0 Å². The van der Waals surface area contributed by atoms with Gasteiger partial charge in [0.25, 0.3) is 0 Å². The normalized spacial score (nSPS) is 15.7. The predicted octanol–water partition coefficient (Wildman–Crippen LogP) is 4.00. The number of anilines is 1. The zero-order valence-corrected chi connectivity index (χ0v) is 15.0. The second-order valence-corrected chi connectivity index (χ2v) is 6.93. The van der Waals surface area contributed by atoms with Gasteiger partial charge in [0.1, 0.15) is 0 Å². The molecule has 1 aliphatic rings. The van der Waals surface area contributed by atoms with E-state index in [0.717, 1.165) is 36.3 Å². The summed E-state index contributed by atoms with van der Waals surface area (Å²) in [5.41, 5.74) is 7.17. The second-order valence-electron chi connectivity index (χ2n) is 6.93. The lowest BCUT2D eigenvalue weighted by Crippen LogP contribution is -2.44. The van der Waals surface area contributed by atoms with E-state index in [1.807, 2.05) is 6.92 Å². The van der Waals surface area contributed by atoms with E-state index in [1.54, 1.807) is 0 Å². The molecule has 0 aliphatic carbocycles. The highest BCUT2D eigenvalue weighted by Crippen LogP contribution is 2.24. The third-order valence-electron chi connectivity index (χ3n) is 5.01. The van der Waals surface area contributed by atoms with Gasteiger partial charge in [0, 0.05) is 18.8 Å². The van der Waals surface area contributed by atoms with E-state index in [1.165, 1.54) is 16.7 Å². The van der Waals surface area contributed by atoms with Crippen LogP contribution in [0.4, 0.5) is 5.69 Å². The molecule has 1 aliphatic heterocycles. The molecule has 2 aromatic carbocycles. The molecule has 3 rings (SSSR count). The Morgan fingerprint density at radius 3 is 2.38 bits per heavy atom. The number of fused-ring (bicyclic) bond motifs is 1. The molecule has 1 N–H and O–H groups in total. The Labute approximate surface area is 144 Å². The smallest absolute Gasteiger partial charge is 0.241 e. The molecule has 1 amide bonds. The van der Waals surface area contributed by atoms with E-state index in [4.69, 9.17) is 0 Å². The first-order valence-electron chi connectivity index (χ1n) is 8.65. The molecule has 0 bridgehead atoms. The van der Waals surface area contributed by atoms with Crippen molar-refractivity contribution in [1.29, 1.82) is 0 Å². The zero-order valence-electron chi connectivity index (χ0n) is 15.0. The number of benzene rings is 2. The molecule has 0 saturated carbocycles. The Bertz CT molecular complexity index is 743. The van der Waals surface area contributed by atoms with Crippen molar-refractivity contribution in [1.82, 2.24) is 4.90 Å². The number of aryl methyl sites for hydroxylation is 3. The molecule has 3 heteroatoms. The van der Waals surface area contributed by atoms with Crippen molar-refractivity contribution in [2.45, 2.75) is 46.7 Å². The fraction of sp³-hybridized carbons (Fsp3) is 0.381. The van der Waals surface area contributed by atoms with Crippen molar-refractivity contribution in [3.63, 3.8) is 0 Å². The molecule has 1 heterocycles. The first kappa shape index (κ1) is 16.7. The van der Waals surface area contributed by atoms with E-state index in [2.05, 4.69) is 67.4 Å². The Kier molecular flexibility index (Phi) is 4.72. The number of nitrogens with zero attached hydrogens (tertiary/aromatic N) is 1. The van der Waals surface area contributed by atoms with Crippen LogP contribution in [0.1, 0.15) is 34.7 Å². The maximum atomic E-state index is 12.8. The summed E-state index contributed by atoms with van der Waals surface area (Å²) >= 11 is 0. The molecule has 24 heavy (non-hydrogen) atoms. The Hall–Kier alpha value is -2.13. The van der Waals surface area contributed by atoms with Gasteiger partial charge >= 0.3 is 0 Å². The Morgan fingerprint density at radius 1 is 1.08 bits per heavy atom. The third-order valence-corrected chi connectivity index (χ3v) is 5.01. The van der Waals surface area contributed by atoms with Gasteiger partial charge in [0.15, 0.2) is 0 Å². The molecule has 1 atom stereocenters.